The zero-order valence-electron chi connectivity index (χ0n) is 60.2. The summed E-state index contributed by atoms with van der Waals surface area (Å²) in [5.41, 5.74) is 12.0. The van der Waals surface area contributed by atoms with Crippen LogP contribution in [0, 0.1) is 0 Å². The van der Waals surface area contributed by atoms with E-state index in [0.717, 1.165) is 84.4 Å². The average molecular weight is 1400 g/mol. The second-order valence-electron chi connectivity index (χ2n) is 25.8. The van der Waals surface area contributed by atoms with Crippen molar-refractivity contribution in [3.63, 3.8) is 0 Å². The molecule has 3 heterocycles. The summed E-state index contributed by atoms with van der Waals surface area (Å²) in [5.74, 6) is -4.28. The number of nitrogens with two attached hydrogens (primary N) is 1. The van der Waals surface area contributed by atoms with E-state index in [1.807, 2.05) is 160 Å². The lowest BCUT2D eigenvalue weighted by Gasteiger charge is -2.19. The highest BCUT2D eigenvalue weighted by Crippen LogP contribution is 2.44. The van der Waals surface area contributed by atoms with Gasteiger partial charge >= 0.3 is 29.8 Å². The van der Waals surface area contributed by atoms with Crippen LogP contribution in [0.1, 0.15) is 146 Å². The third-order valence-corrected chi connectivity index (χ3v) is 17.6. The number of carboxylic acids is 2. The van der Waals surface area contributed by atoms with E-state index in [1.54, 1.807) is 12.1 Å². The van der Waals surface area contributed by atoms with E-state index >= 15 is 0 Å². The van der Waals surface area contributed by atoms with Crippen LogP contribution in [0.4, 0.5) is 15.8 Å². The van der Waals surface area contributed by atoms with Crippen LogP contribution < -0.4 is 40.7 Å². The first kappa shape index (κ1) is 75.4. The maximum absolute atomic E-state index is 13.1. The van der Waals surface area contributed by atoms with Gasteiger partial charge in [-0.05, 0) is 155 Å². The number of rotatable bonds is 18. The Hall–Kier alpha value is -10.8. The van der Waals surface area contributed by atoms with Crippen molar-refractivity contribution in [3.05, 3.63) is 166 Å². The van der Waals surface area contributed by atoms with E-state index in [4.69, 9.17) is 30.3 Å². The van der Waals surface area contributed by atoms with Crippen LogP contribution in [0.25, 0.3) is 66.8 Å². The molecule has 0 saturated carbocycles. The Balaban J connectivity index is 0.000000213. The molecule has 5 N–H and O–H groups in total. The first-order valence-corrected chi connectivity index (χ1v) is 34.2. The quantitative estimate of drug-likeness (QED) is 0.0155. The van der Waals surface area contributed by atoms with E-state index in [9.17, 15) is 53.0 Å². The Morgan fingerprint density at radius 3 is 1.48 bits per heavy atom. The van der Waals surface area contributed by atoms with E-state index in [1.165, 1.54) is 43.5 Å². The smallest absolute Gasteiger partial charge is 0.363 e. The fourth-order valence-electron chi connectivity index (χ4n) is 12.1. The molecule has 0 radical (unpaired) electrons. The number of halogens is 1. The molecule has 2 atom stereocenters. The fourth-order valence-corrected chi connectivity index (χ4v) is 12.1. The molecule has 4 aromatic rings. The Morgan fingerprint density at radius 2 is 1.04 bits per heavy atom. The predicted octanol–water partition coefficient (Wildman–Crippen LogP) is 11.9. The summed E-state index contributed by atoms with van der Waals surface area (Å²) in [4.78, 5) is 107. The number of imide groups is 1. The molecule has 0 spiro atoms. The number of hydrogen-bond donors (Lipinski definition) is 4. The number of carbonyl (C=O) groups excluding carboxylic acids is 6. The van der Waals surface area contributed by atoms with Crippen LogP contribution in [0.5, 0.6) is 0 Å². The van der Waals surface area contributed by atoms with Gasteiger partial charge in [0.05, 0.1) is 37.3 Å². The number of fused-ring (bicyclic) bond motifs is 4. The van der Waals surface area contributed by atoms with E-state index in [-0.39, 0.29) is 72.2 Å². The second-order valence-corrected chi connectivity index (χ2v) is 25.8. The van der Waals surface area contributed by atoms with Gasteiger partial charge in [0, 0.05) is 135 Å². The van der Waals surface area contributed by atoms with Gasteiger partial charge in [0.1, 0.15) is 63.1 Å². The highest BCUT2D eigenvalue weighted by molar-refractivity contribution is 6.11. The van der Waals surface area contributed by atoms with Gasteiger partial charge in [-0.25, -0.2) is 23.5 Å². The van der Waals surface area contributed by atoms with Crippen LogP contribution in [0.15, 0.2) is 142 Å². The summed E-state index contributed by atoms with van der Waals surface area (Å²) in [6.07, 6.45) is 20.6. The summed E-state index contributed by atoms with van der Waals surface area (Å²) in [6.45, 7) is 0.812. The van der Waals surface area contributed by atoms with Crippen molar-refractivity contribution < 1.29 is 77.5 Å². The first-order valence-electron chi connectivity index (χ1n) is 34.9. The minimum absolute atomic E-state index is 0.00410. The zero-order chi connectivity index (χ0) is 74.4. The Labute approximate surface area is 593 Å². The van der Waals surface area contributed by atoms with E-state index in [0.29, 0.717) is 80.3 Å². The lowest BCUT2D eigenvalue weighted by atomic mass is 9.89. The number of aromatic carboxylic acids is 2. The number of esters is 2. The summed E-state index contributed by atoms with van der Waals surface area (Å²) in [5, 5.41) is 27.1. The number of benzene rings is 6. The summed E-state index contributed by atoms with van der Waals surface area (Å²) >= 11 is 0. The van der Waals surface area contributed by atoms with Gasteiger partial charge < -0.3 is 54.2 Å². The summed E-state index contributed by atoms with van der Waals surface area (Å²) in [7, 11) is 14.4. The van der Waals surface area contributed by atoms with Crippen LogP contribution in [0.3, 0.4) is 0 Å². The van der Waals surface area contributed by atoms with Crippen molar-refractivity contribution in [2.24, 2.45) is 5.73 Å². The minimum atomic E-state index is -1.26. The number of ether oxygens (including phenoxy) is 2. The topological polar surface area (TPSA) is 285 Å². The van der Waals surface area contributed by atoms with Crippen LogP contribution in [-0.2, 0) is 33.5 Å². The molecule has 4 aliphatic carbocycles. The van der Waals surface area contributed by atoms with Gasteiger partial charge in [-0.3, -0.25) is 28.4 Å². The van der Waals surface area contributed by atoms with Gasteiger partial charge in [-0.15, -0.1) is 5.06 Å². The lowest BCUT2D eigenvalue weighted by Crippen LogP contribution is -2.32. The molecule has 23 heteroatoms. The molecule has 1 fully saturated rings. The molecule has 1 saturated heterocycles. The molecule has 102 heavy (non-hydrogen) atoms. The van der Waals surface area contributed by atoms with Crippen LogP contribution in [-0.4, -0.2) is 152 Å². The number of carbonyl (C=O) groups is 8. The van der Waals surface area contributed by atoms with E-state index < -0.39 is 42.8 Å². The van der Waals surface area contributed by atoms with Crippen molar-refractivity contribution >= 4 is 80.9 Å². The van der Waals surface area contributed by atoms with Gasteiger partial charge in [-0.1, -0.05) is 37.1 Å². The maximum Gasteiger partial charge on any atom is 0.363 e. The number of allylic oxidation sites excluding steroid dienone is 2. The molecule has 2 unspecified atom stereocenters. The zero-order valence-corrected chi connectivity index (χ0v) is 59.2. The fraction of sp³-hybridized carbons (Fsp3) is 0.367. The molecule has 4 aromatic carbocycles. The summed E-state index contributed by atoms with van der Waals surface area (Å²) < 4.78 is 43.0. The standard InChI is InChI=1S/C37H41N3O6.C29H25N3O7.C12H21NO2.CH3F/c1-39(2)25-15-18-29-32(22-25)46-33-23-26(40(3)4)16-19-30(33)35(29)28-17-14-24(21-31(28)37(43)44)36(42)38-20-10-13-34(41)45-27-11-8-6-5-7-9-12-27;1-30(2)17-6-9-20-23(14-17)38-24-15-18(31(3)4)7-10-21(24)27(20)19-8-5-16(13-22(19)28(35)36)29(37)39-32-25(33)11-12-26(32)34;13-10-6-9-12(14)15-11-7-4-2-1-3-5-8-11;1-2/h8,11,14-19,21-23,27H,5-7,9-10,12-13,20H2,1-4H3,(H-,38,42,43,44);5-10,13-15H,11-12H2,1-4H3;4,7,11H,1-3,5-6,8-10,13H2;1H3/p+2/b11-8+;;7-4+;/i;;;1D. The predicted molar refractivity (Wildman–Crippen MR) is 391 cm³/mol. The molecule has 22 nitrogen and oxygen atoms in total. The number of hydroxylamine groups is 2. The molecule has 3 aliphatic heterocycles. The number of nitrogens with zero attached hydrogens (tertiary/aromatic N) is 5. The Morgan fingerprint density at radius 1 is 0.598 bits per heavy atom. The van der Waals surface area contributed by atoms with E-state index in [2.05, 4.69) is 17.5 Å². The molecular formula is C79H92FN7O15+2. The lowest BCUT2D eigenvalue weighted by molar-refractivity contribution is -0.172. The normalized spacial score (nSPS) is 15.8. The monoisotopic (exact) mass is 1400 g/mol. The Bertz CT molecular complexity index is 4550. The number of anilines is 2. The number of alkyl halides is 1. The number of carboxylic acid groups (broad SMARTS) is 2. The van der Waals surface area contributed by atoms with Gasteiger partial charge in [0.15, 0.2) is 0 Å². The molecule has 7 aliphatic rings. The number of hydrogen-bond acceptors (Lipinski definition) is 16. The maximum atomic E-state index is 13.1. The molecule has 538 valence electrons. The molecular weight excluding hydrogens is 1310 g/mol. The largest absolute Gasteiger partial charge is 0.478 e. The SMILES string of the molecule is CN(C)c1ccc2c(-c3ccc(C(=O)NCCCC(=O)OC4/C=C/CCCCC4)cc3C(=O)O)c3ccc(=[N+](C)C)cc-3oc2c1.CN(C)c1ccc2c(-c3ccc(C(=O)ON4C(=O)CCC4=O)cc3C(=O)O)c3ccc(=[N+](C)C)cc-3oc2c1.NCCCC(=O)OC1/C=C/CCCCC1.[2H]CF. The van der Waals surface area contributed by atoms with Gasteiger partial charge in [0.2, 0.25) is 10.7 Å². The molecule has 11 rings (SSSR count). The molecule has 0 bridgehead atoms. The third kappa shape index (κ3) is 19.8. The molecule has 0 aromatic heterocycles. The minimum Gasteiger partial charge on any atom is -0.478 e. The van der Waals surface area contributed by atoms with Crippen molar-refractivity contribution in [2.75, 3.05) is 86.4 Å². The number of nitrogens with one attached hydrogen (secondary N) is 1. The first-order chi connectivity index (χ1) is 49.4. The highest BCUT2D eigenvalue weighted by atomic mass is 19.1. The third-order valence-electron chi connectivity index (χ3n) is 17.6. The average Bonchev–Trinajstić information content (AvgIpc) is 1.70. The highest BCUT2D eigenvalue weighted by Gasteiger charge is 2.34. The molecule has 3 amide bonds. The van der Waals surface area contributed by atoms with Crippen molar-refractivity contribution in [1.82, 2.24) is 19.5 Å². The summed E-state index contributed by atoms with van der Waals surface area (Å²) in [6, 6.07) is 31.9. The van der Waals surface area contributed by atoms with Gasteiger partial charge in [-0.2, -0.15) is 0 Å². The Kier molecular flexibility index (Phi) is 27.0. The van der Waals surface area contributed by atoms with Crippen molar-refractivity contribution in [1.29, 1.82) is 0 Å². The van der Waals surface area contributed by atoms with Crippen LogP contribution in [0.2, 0.25) is 0 Å². The van der Waals surface area contributed by atoms with Crippen LogP contribution >= 0.6 is 0 Å². The van der Waals surface area contributed by atoms with Gasteiger partial charge in [0.25, 0.3) is 17.7 Å². The second kappa shape index (κ2) is 36.5. The number of amides is 3. The van der Waals surface area contributed by atoms with Crippen molar-refractivity contribution in [3.8, 4) is 44.9 Å². The van der Waals surface area contributed by atoms with Crippen molar-refractivity contribution in [2.45, 2.75) is 115 Å².